The number of carbonyl (C=O) groups is 2. The summed E-state index contributed by atoms with van der Waals surface area (Å²) in [6.07, 6.45) is 0.704. The number of β-amino-alcohol motifs (C(OH)–C–C–N with tert-alkyl or cyclic N) is 1. The van der Waals surface area contributed by atoms with Crippen molar-refractivity contribution in [3.63, 3.8) is 0 Å². The molecule has 1 aliphatic heterocycles. The van der Waals surface area contributed by atoms with Crippen LogP contribution in [0.4, 0.5) is 0 Å². The van der Waals surface area contributed by atoms with E-state index in [-0.39, 0.29) is 13.0 Å². The molecule has 0 unspecified atom stereocenters. The molecule has 0 radical (unpaired) electrons. The molecule has 1 aliphatic rings. The van der Waals surface area contributed by atoms with E-state index in [1.54, 1.807) is 19.1 Å². The van der Waals surface area contributed by atoms with Gasteiger partial charge in [-0.1, -0.05) is 0 Å². The second kappa shape index (κ2) is 4.73. The number of aryl methyl sites for hydroxylation is 1. The SMILES string of the molecule is Cc1ccc(C(=O)N2C[C@H](O)C[C@@H]2C(=O)O)cn1. The minimum Gasteiger partial charge on any atom is -0.480 e. The van der Waals surface area contributed by atoms with E-state index in [0.717, 1.165) is 5.69 Å². The quantitative estimate of drug-likeness (QED) is 0.774. The summed E-state index contributed by atoms with van der Waals surface area (Å²) in [5.74, 6) is -1.51. The second-order valence-electron chi connectivity index (χ2n) is 4.39. The molecule has 0 spiro atoms. The third-order valence-corrected chi connectivity index (χ3v) is 2.98. The standard InChI is InChI=1S/C12H14N2O4/c1-7-2-3-8(5-13-7)11(16)14-6-9(15)4-10(14)12(17)18/h2-3,5,9-10,15H,4,6H2,1H3,(H,17,18)/t9-,10-/m1/s1. The maximum absolute atomic E-state index is 12.1. The van der Waals surface area contributed by atoms with E-state index >= 15 is 0 Å². The second-order valence-corrected chi connectivity index (χ2v) is 4.39. The van der Waals surface area contributed by atoms with Crippen molar-refractivity contribution in [1.82, 2.24) is 9.88 Å². The Hall–Kier alpha value is -1.95. The number of amides is 1. The molecule has 1 aromatic rings. The van der Waals surface area contributed by atoms with Gasteiger partial charge in [0.05, 0.1) is 11.7 Å². The van der Waals surface area contributed by atoms with Crippen molar-refractivity contribution >= 4 is 11.9 Å². The number of carboxylic acids is 1. The Labute approximate surface area is 104 Å². The lowest BCUT2D eigenvalue weighted by molar-refractivity contribution is -0.141. The zero-order valence-corrected chi connectivity index (χ0v) is 9.91. The molecule has 6 heteroatoms. The average Bonchev–Trinajstić information content (AvgIpc) is 2.71. The van der Waals surface area contributed by atoms with Crippen molar-refractivity contribution in [3.05, 3.63) is 29.6 Å². The van der Waals surface area contributed by atoms with E-state index in [2.05, 4.69) is 4.98 Å². The first-order valence-corrected chi connectivity index (χ1v) is 5.63. The topological polar surface area (TPSA) is 90.7 Å². The molecule has 18 heavy (non-hydrogen) atoms. The smallest absolute Gasteiger partial charge is 0.326 e. The molecule has 0 bridgehead atoms. The van der Waals surface area contributed by atoms with Crippen LogP contribution in [-0.2, 0) is 4.79 Å². The highest BCUT2D eigenvalue weighted by Crippen LogP contribution is 2.20. The average molecular weight is 250 g/mol. The van der Waals surface area contributed by atoms with Crippen molar-refractivity contribution in [1.29, 1.82) is 0 Å². The molecule has 2 N–H and O–H groups in total. The van der Waals surface area contributed by atoms with Gasteiger partial charge in [0.1, 0.15) is 6.04 Å². The summed E-state index contributed by atoms with van der Waals surface area (Å²) < 4.78 is 0. The minimum absolute atomic E-state index is 0.0453. The minimum atomic E-state index is -1.10. The molecule has 96 valence electrons. The van der Waals surface area contributed by atoms with Gasteiger partial charge in [-0.05, 0) is 19.1 Å². The summed E-state index contributed by atoms with van der Waals surface area (Å²) in [4.78, 5) is 28.3. The lowest BCUT2D eigenvalue weighted by Gasteiger charge is -2.20. The van der Waals surface area contributed by atoms with E-state index in [9.17, 15) is 14.7 Å². The van der Waals surface area contributed by atoms with E-state index < -0.39 is 24.0 Å². The van der Waals surface area contributed by atoms with Crippen LogP contribution in [0, 0.1) is 6.92 Å². The number of rotatable bonds is 2. The Morgan fingerprint density at radius 1 is 1.44 bits per heavy atom. The van der Waals surface area contributed by atoms with Crippen LogP contribution in [0.3, 0.4) is 0 Å². The fourth-order valence-electron chi connectivity index (χ4n) is 2.03. The van der Waals surface area contributed by atoms with E-state index in [4.69, 9.17) is 5.11 Å². The molecular formula is C12H14N2O4. The Bertz CT molecular complexity index is 471. The summed E-state index contributed by atoms with van der Waals surface area (Å²) in [6.45, 7) is 1.84. The van der Waals surface area contributed by atoms with Gasteiger partial charge in [-0.2, -0.15) is 0 Å². The summed E-state index contributed by atoms with van der Waals surface area (Å²) in [5, 5.41) is 18.5. The van der Waals surface area contributed by atoms with E-state index in [1.165, 1.54) is 11.1 Å². The highest BCUT2D eigenvalue weighted by atomic mass is 16.4. The van der Waals surface area contributed by atoms with Gasteiger partial charge in [-0.15, -0.1) is 0 Å². The number of nitrogens with zero attached hydrogens (tertiary/aromatic N) is 2. The first kappa shape index (κ1) is 12.5. The first-order valence-electron chi connectivity index (χ1n) is 5.63. The predicted molar refractivity (Wildman–Crippen MR) is 62.1 cm³/mol. The van der Waals surface area contributed by atoms with Crippen molar-refractivity contribution in [3.8, 4) is 0 Å². The maximum atomic E-state index is 12.1. The Balaban J connectivity index is 2.22. The van der Waals surface area contributed by atoms with Crippen LogP contribution in [0.25, 0.3) is 0 Å². The lowest BCUT2D eigenvalue weighted by Crippen LogP contribution is -2.40. The van der Waals surface area contributed by atoms with Gasteiger partial charge < -0.3 is 15.1 Å². The molecule has 1 fully saturated rings. The number of carbonyl (C=O) groups excluding carboxylic acids is 1. The van der Waals surface area contributed by atoms with Crippen LogP contribution in [-0.4, -0.2) is 50.7 Å². The number of carboxylic acid groups (broad SMARTS) is 1. The molecule has 6 nitrogen and oxygen atoms in total. The van der Waals surface area contributed by atoms with Gasteiger partial charge in [0, 0.05) is 24.9 Å². The van der Waals surface area contributed by atoms with Crippen molar-refractivity contribution in [2.45, 2.75) is 25.5 Å². The van der Waals surface area contributed by atoms with Crippen LogP contribution >= 0.6 is 0 Å². The largest absolute Gasteiger partial charge is 0.480 e. The number of hydrogen-bond donors (Lipinski definition) is 2. The Morgan fingerprint density at radius 2 is 2.17 bits per heavy atom. The third-order valence-electron chi connectivity index (χ3n) is 2.98. The highest BCUT2D eigenvalue weighted by Gasteiger charge is 2.39. The molecular weight excluding hydrogens is 236 g/mol. The molecule has 1 saturated heterocycles. The number of aliphatic hydroxyl groups is 1. The molecule has 2 atom stereocenters. The van der Waals surface area contributed by atoms with Crippen LogP contribution < -0.4 is 0 Å². The van der Waals surface area contributed by atoms with Crippen molar-refractivity contribution < 1.29 is 19.8 Å². The van der Waals surface area contributed by atoms with Gasteiger partial charge in [-0.3, -0.25) is 9.78 Å². The summed E-state index contributed by atoms with van der Waals surface area (Å²) in [5.41, 5.74) is 1.11. The van der Waals surface area contributed by atoms with Gasteiger partial charge in [-0.25, -0.2) is 4.79 Å². The summed E-state index contributed by atoms with van der Waals surface area (Å²) in [6, 6.07) is 2.33. The van der Waals surface area contributed by atoms with E-state index in [0.29, 0.717) is 5.56 Å². The molecule has 2 heterocycles. The molecule has 0 saturated carbocycles. The molecule has 1 aromatic heterocycles. The number of aliphatic carboxylic acids is 1. The van der Waals surface area contributed by atoms with Gasteiger partial charge in [0.15, 0.2) is 0 Å². The molecule has 1 amide bonds. The van der Waals surface area contributed by atoms with Crippen molar-refractivity contribution in [2.24, 2.45) is 0 Å². The lowest BCUT2D eigenvalue weighted by atomic mass is 10.2. The van der Waals surface area contributed by atoms with Gasteiger partial charge in [0.2, 0.25) is 0 Å². The van der Waals surface area contributed by atoms with Gasteiger partial charge in [0.25, 0.3) is 5.91 Å². The fraction of sp³-hybridized carbons (Fsp3) is 0.417. The third kappa shape index (κ3) is 2.33. The molecule has 2 rings (SSSR count). The Kier molecular flexibility index (Phi) is 3.29. The zero-order valence-electron chi connectivity index (χ0n) is 9.91. The zero-order chi connectivity index (χ0) is 13.3. The van der Waals surface area contributed by atoms with Crippen LogP contribution in [0.15, 0.2) is 18.3 Å². The fourth-order valence-corrected chi connectivity index (χ4v) is 2.03. The van der Waals surface area contributed by atoms with Crippen LogP contribution in [0.5, 0.6) is 0 Å². The number of aromatic nitrogens is 1. The number of likely N-dealkylation sites (tertiary alicyclic amines) is 1. The maximum Gasteiger partial charge on any atom is 0.326 e. The predicted octanol–water partition coefficient (Wildman–Crippen LogP) is 0.0500. The van der Waals surface area contributed by atoms with Gasteiger partial charge >= 0.3 is 5.97 Å². The van der Waals surface area contributed by atoms with E-state index in [1.807, 2.05) is 0 Å². The van der Waals surface area contributed by atoms with Crippen LogP contribution in [0.1, 0.15) is 22.5 Å². The van der Waals surface area contributed by atoms with Crippen molar-refractivity contribution in [2.75, 3.05) is 6.54 Å². The summed E-state index contributed by atoms with van der Waals surface area (Å²) in [7, 11) is 0. The summed E-state index contributed by atoms with van der Waals surface area (Å²) >= 11 is 0. The number of pyridine rings is 1. The molecule has 0 aliphatic carbocycles. The number of hydrogen-bond acceptors (Lipinski definition) is 4. The number of aliphatic hydroxyl groups excluding tert-OH is 1. The van der Waals surface area contributed by atoms with Crippen LogP contribution in [0.2, 0.25) is 0 Å². The highest BCUT2D eigenvalue weighted by molar-refractivity contribution is 5.96. The Morgan fingerprint density at radius 3 is 2.72 bits per heavy atom. The normalized spacial score (nSPS) is 23.1. The molecule has 0 aromatic carbocycles. The monoisotopic (exact) mass is 250 g/mol. The first-order chi connectivity index (χ1) is 8.49.